The largest absolute Gasteiger partial charge is 0.507 e. The van der Waals surface area contributed by atoms with Crippen LogP contribution in [0.2, 0.25) is 0 Å². The number of methoxy groups -OCH3 is 1. The summed E-state index contributed by atoms with van der Waals surface area (Å²) in [6.45, 7) is 4.10. The lowest BCUT2D eigenvalue weighted by Gasteiger charge is -2.25. The predicted molar refractivity (Wildman–Crippen MR) is 69.2 cm³/mol. The van der Waals surface area contributed by atoms with Gasteiger partial charge < -0.3 is 15.2 Å². The van der Waals surface area contributed by atoms with Gasteiger partial charge in [-0.25, -0.2) is 0 Å². The summed E-state index contributed by atoms with van der Waals surface area (Å²) in [7, 11) is 1.57. The SMILES string of the molecule is COCC(C)(C)NC(=O)c1ccc(Br)cc1O. The van der Waals surface area contributed by atoms with E-state index in [1.165, 1.54) is 6.07 Å². The van der Waals surface area contributed by atoms with E-state index in [0.717, 1.165) is 4.47 Å². The maximum absolute atomic E-state index is 11.9. The second-order valence-corrected chi connectivity index (χ2v) is 5.35. The molecule has 17 heavy (non-hydrogen) atoms. The van der Waals surface area contributed by atoms with Gasteiger partial charge in [-0.1, -0.05) is 15.9 Å². The first-order valence-corrected chi connectivity index (χ1v) is 5.95. The molecule has 0 atom stereocenters. The molecule has 0 aliphatic heterocycles. The van der Waals surface area contributed by atoms with Crippen LogP contribution < -0.4 is 5.32 Å². The molecule has 0 aliphatic carbocycles. The van der Waals surface area contributed by atoms with Crippen LogP contribution in [0.5, 0.6) is 5.75 Å². The highest BCUT2D eigenvalue weighted by atomic mass is 79.9. The molecule has 0 fully saturated rings. The average Bonchev–Trinajstić information content (AvgIpc) is 2.15. The van der Waals surface area contributed by atoms with Crippen molar-refractivity contribution in [2.75, 3.05) is 13.7 Å². The van der Waals surface area contributed by atoms with E-state index in [0.29, 0.717) is 6.61 Å². The lowest BCUT2D eigenvalue weighted by atomic mass is 10.1. The lowest BCUT2D eigenvalue weighted by Crippen LogP contribution is -2.46. The van der Waals surface area contributed by atoms with Gasteiger partial charge in [-0.2, -0.15) is 0 Å². The molecule has 0 heterocycles. The zero-order valence-electron chi connectivity index (χ0n) is 10.1. The van der Waals surface area contributed by atoms with Crippen molar-refractivity contribution in [1.29, 1.82) is 0 Å². The van der Waals surface area contributed by atoms with Crippen LogP contribution in [0.15, 0.2) is 22.7 Å². The van der Waals surface area contributed by atoms with Crippen molar-refractivity contribution in [2.45, 2.75) is 19.4 Å². The third kappa shape index (κ3) is 4.02. The minimum Gasteiger partial charge on any atom is -0.507 e. The Morgan fingerprint density at radius 2 is 2.18 bits per heavy atom. The van der Waals surface area contributed by atoms with E-state index >= 15 is 0 Å². The molecule has 1 aromatic carbocycles. The number of hydrogen-bond acceptors (Lipinski definition) is 3. The molecule has 0 unspecified atom stereocenters. The van der Waals surface area contributed by atoms with Crippen molar-refractivity contribution >= 4 is 21.8 Å². The van der Waals surface area contributed by atoms with Crippen molar-refractivity contribution in [3.63, 3.8) is 0 Å². The van der Waals surface area contributed by atoms with Gasteiger partial charge in [0.1, 0.15) is 5.75 Å². The minimum absolute atomic E-state index is 0.0508. The molecule has 0 bridgehead atoms. The number of rotatable bonds is 4. The Balaban J connectivity index is 2.83. The second kappa shape index (κ2) is 5.51. The molecule has 0 saturated carbocycles. The summed E-state index contributed by atoms with van der Waals surface area (Å²) in [6.07, 6.45) is 0. The number of aromatic hydroxyl groups is 1. The zero-order chi connectivity index (χ0) is 13.1. The highest BCUT2D eigenvalue weighted by molar-refractivity contribution is 9.10. The Kier molecular flexibility index (Phi) is 4.54. The van der Waals surface area contributed by atoms with E-state index in [9.17, 15) is 9.90 Å². The van der Waals surface area contributed by atoms with Crippen LogP contribution in [0.1, 0.15) is 24.2 Å². The summed E-state index contributed by atoms with van der Waals surface area (Å²) in [5.41, 5.74) is -0.233. The van der Waals surface area contributed by atoms with Gasteiger partial charge in [0.25, 0.3) is 5.91 Å². The summed E-state index contributed by atoms with van der Waals surface area (Å²) >= 11 is 3.22. The molecule has 0 radical (unpaired) electrons. The molecule has 0 aromatic heterocycles. The van der Waals surface area contributed by atoms with Crippen LogP contribution in [-0.2, 0) is 4.74 Å². The van der Waals surface area contributed by atoms with E-state index in [1.807, 2.05) is 13.8 Å². The third-order valence-electron chi connectivity index (χ3n) is 2.16. The first kappa shape index (κ1) is 14.0. The molecule has 4 nitrogen and oxygen atoms in total. The summed E-state index contributed by atoms with van der Waals surface area (Å²) < 4.78 is 5.73. The van der Waals surface area contributed by atoms with Gasteiger partial charge in [0, 0.05) is 11.6 Å². The van der Waals surface area contributed by atoms with E-state index in [4.69, 9.17) is 4.74 Å². The molecule has 5 heteroatoms. The molecule has 1 amide bonds. The number of phenols is 1. The Bertz CT molecular complexity index is 418. The molecule has 2 N–H and O–H groups in total. The Morgan fingerprint density at radius 1 is 1.53 bits per heavy atom. The number of halogens is 1. The number of phenolic OH excluding ortho intramolecular Hbond substituents is 1. The number of amides is 1. The van der Waals surface area contributed by atoms with Gasteiger partial charge in [-0.05, 0) is 32.0 Å². The van der Waals surface area contributed by atoms with Crippen molar-refractivity contribution in [3.8, 4) is 5.75 Å². The number of ether oxygens (including phenoxy) is 1. The lowest BCUT2D eigenvalue weighted by molar-refractivity contribution is 0.0817. The quantitative estimate of drug-likeness (QED) is 0.897. The number of hydrogen-bond donors (Lipinski definition) is 2. The smallest absolute Gasteiger partial charge is 0.255 e. The van der Waals surface area contributed by atoms with Crippen molar-refractivity contribution in [2.24, 2.45) is 0 Å². The van der Waals surface area contributed by atoms with Gasteiger partial charge in [0.15, 0.2) is 0 Å². The number of carbonyl (C=O) groups excluding carboxylic acids is 1. The predicted octanol–water partition coefficient (Wildman–Crippen LogP) is 2.31. The summed E-state index contributed by atoms with van der Waals surface area (Å²) in [4.78, 5) is 11.9. The van der Waals surface area contributed by atoms with Gasteiger partial charge >= 0.3 is 0 Å². The fourth-order valence-corrected chi connectivity index (χ4v) is 1.82. The van der Waals surface area contributed by atoms with Crippen LogP contribution in [-0.4, -0.2) is 30.3 Å². The molecular weight excluding hydrogens is 286 g/mol. The number of benzene rings is 1. The van der Waals surface area contributed by atoms with Gasteiger partial charge in [0.2, 0.25) is 0 Å². The Hall–Kier alpha value is -1.07. The maximum Gasteiger partial charge on any atom is 0.255 e. The first-order chi connectivity index (χ1) is 7.85. The van der Waals surface area contributed by atoms with Crippen molar-refractivity contribution in [3.05, 3.63) is 28.2 Å². The number of nitrogens with one attached hydrogen (secondary N) is 1. The maximum atomic E-state index is 11.9. The Morgan fingerprint density at radius 3 is 2.71 bits per heavy atom. The normalized spacial score (nSPS) is 11.3. The highest BCUT2D eigenvalue weighted by Gasteiger charge is 2.22. The summed E-state index contributed by atoms with van der Waals surface area (Å²) in [5, 5.41) is 12.5. The molecule has 0 aliphatic rings. The molecule has 1 rings (SSSR count). The average molecular weight is 302 g/mol. The second-order valence-electron chi connectivity index (χ2n) is 4.43. The number of carbonyl (C=O) groups is 1. The fraction of sp³-hybridized carbons (Fsp3) is 0.417. The third-order valence-corrected chi connectivity index (χ3v) is 2.65. The van der Waals surface area contributed by atoms with Gasteiger partial charge in [-0.3, -0.25) is 4.79 Å². The van der Waals surface area contributed by atoms with Gasteiger partial charge in [-0.15, -0.1) is 0 Å². The summed E-state index contributed by atoms with van der Waals surface area (Å²) in [5.74, 6) is -0.373. The van der Waals surface area contributed by atoms with Crippen molar-refractivity contribution in [1.82, 2.24) is 5.32 Å². The van der Waals surface area contributed by atoms with Crippen LogP contribution in [0.4, 0.5) is 0 Å². The molecule has 1 aromatic rings. The standard InChI is InChI=1S/C12H16BrNO3/c1-12(2,7-17-3)14-11(16)9-5-4-8(13)6-10(9)15/h4-6,15H,7H2,1-3H3,(H,14,16). The van der Waals surface area contributed by atoms with Crippen LogP contribution in [0.25, 0.3) is 0 Å². The monoisotopic (exact) mass is 301 g/mol. The van der Waals surface area contributed by atoms with Gasteiger partial charge in [0.05, 0.1) is 17.7 Å². The summed E-state index contributed by atoms with van der Waals surface area (Å²) in [6, 6.07) is 4.76. The molecule has 0 spiro atoms. The van der Waals surface area contributed by atoms with E-state index in [2.05, 4.69) is 21.2 Å². The highest BCUT2D eigenvalue weighted by Crippen LogP contribution is 2.22. The first-order valence-electron chi connectivity index (χ1n) is 5.16. The van der Waals surface area contributed by atoms with Crippen molar-refractivity contribution < 1.29 is 14.6 Å². The van der Waals surface area contributed by atoms with Crippen LogP contribution in [0, 0.1) is 0 Å². The molecule has 0 saturated heterocycles. The van der Waals surface area contributed by atoms with E-state index < -0.39 is 5.54 Å². The molecule has 94 valence electrons. The zero-order valence-corrected chi connectivity index (χ0v) is 11.7. The minimum atomic E-state index is -0.481. The Labute approximate surface area is 109 Å². The van der Waals surface area contributed by atoms with Crippen LogP contribution >= 0.6 is 15.9 Å². The molecular formula is C12H16BrNO3. The fourth-order valence-electron chi connectivity index (χ4n) is 1.47. The van der Waals surface area contributed by atoms with Crippen LogP contribution in [0.3, 0.4) is 0 Å². The topological polar surface area (TPSA) is 58.6 Å². The van der Waals surface area contributed by atoms with E-state index in [-0.39, 0.29) is 17.2 Å². The van der Waals surface area contributed by atoms with E-state index in [1.54, 1.807) is 19.2 Å².